The molecular formula is C41H80N8. The van der Waals surface area contributed by atoms with E-state index in [4.69, 9.17) is 15.0 Å². The number of anilines is 3. The summed E-state index contributed by atoms with van der Waals surface area (Å²) in [4.78, 5) is 21.0. The molecule has 0 bridgehead atoms. The van der Waals surface area contributed by atoms with Crippen molar-refractivity contribution in [2.45, 2.75) is 226 Å². The summed E-state index contributed by atoms with van der Waals surface area (Å²) in [7, 11) is 0. The van der Waals surface area contributed by atoms with Crippen LogP contribution in [0.1, 0.15) is 192 Å². The molecule has 2 aliphatic rings. The van der Waals surface area contributed by atoms with Gasteiger partial charge in [-0.1, -0.05) is 91.4 Å². The van der Waals surface area contributed by atoms with Gasteiger partial charge in [0.25, 0.3) is 0 Å². The molecule has 0 radical (unpaired) electrons. The molecule has 0 aromatic carbocycles. The van der Waals surface area contributed by atoms with Crippen LogP contribution in [0.3, 0.4) is 0 Å². The van der Waals surface area contributed by atoms with E-state index in [1.807, 2.05) is 0 Å². The van der Waals surface area contributed by atoms with Crippen LogP contribution in [-0.4, -0.2) is 68.8 Å². The van der Waals surface area contributed by atoms with Gasteiger partial charge in [-0.2, -0.15) is 15.0 Å². The highest BCUT2D eigenvalue weighted by Gasteiger charge is 2.42. The van der Waals surface area contributed by atoms with Crippen molar-refractivity contribution in [3.05, 3.63) is 0 Å². The Morgan fingerprint density at radius 1 is 0.510 bits per heavy atom. The van der Waals surface area contributed by atoms with Gasteiger partial charge in [-0.15, -0.1) is 0 Å². The van der Waals surface area contributed by atoms with Crippen molar-refractivity contribution < 1.29 is 0 Å². The van der Waals surface area contributed by atoms with Gasteiger partial charge in [0.2, 0.25) is 17.8 Å². The standard InChI is InChI=1S/C41H80N8/c1-12-15-18-19-20-21-22-23-24-25-26-42-35-43-36(48(27-16-13-2)33-29-38(4,5)46-39(6,7)30-33)45-37(44-35)49(28-17-14-3)34-31-40(8,9)47-41(10,11)32-34/h33-34,46-47H,12-32H2,1-11H3,(H,42,43,44,45). The molecule has 3 N–H and O–H groups in total. The first-order valence-electron chi connectivity index (χ1n) is 20.7. The lowest BCUT2D eigenvalue weighted by Crippen LogP contribution is -2.63. The maximum absolute atomic E-state index is 5.43. The predicted octanol–water partition coefficient (Wildman–Crippen LogP) is 10.0. The molecule has 3 heterocycles. The van der Waals surface area contributed by atoms with Crippen molar-refractivity contribution in [1.29, 1.82) is 0 Å². The fraction of sp³-hybridized carbons (Fsp3) is 0.927. The Morgan fingerprint density at radius 3 is 1.22 bits per heavy atom. The van der Waals surface area contributed by atoms with E-state index < -0.39 is 0 Å². The van der Waals surface area contributed by atoms with Gasteiger partial charge < -0.3 is 25.8 Å². The van der Waals surface area contributed by atoms with Crippen molar-refractivity contribution in [3.8, 4) is 0 Å². The van der Waals surface area contributed by atoms with Crippen molar-refractivity contribution in [1.82, 2.24) is 25.6 Å². The van der Waals surface area contributed by atoms with E-state index in [0.29, 0.717) is 12.1 Å². The van der Waals surface area contributed by atoms with Gasteiger partial charge in [0.1, 0.15) is 0 Å². The summed E-state index contributed by atoms with van der Waals surface area (Å²) in [5.74, 6) is 2.46. The van der Waals surface area contributed by atoms with Crippen LogP contribution in [-0.2, 0) is 0 Å². The van der Waals surface area contributed by atoms with E-state index in [1.165, 1.54) is 57.8 Å². The number of piperidine rings is 2. The minimum Gasteiger partial charge on any atom is -0.354 e. The average Bonchev–Trinajstić information content (AvgIpc) is 2.97. The third-order valence-corrected chi connectivity index (χ3v) is 10.7. The van der Waals surface area contributed by atoms with E-state index in [9.17, 15) is 0 Å². The summed E-state index contributed by atoms with van der Waals surface area (Å²) < 4.78 is 0. The van der Waals surface area contributed by atoms with Gasteiger partial charge in [-0.25, -0.2) is 0 Å². The fourth-order valence-corrected chi connectivity index (χ4v) is 9.03. The van der Waals surface area contributed by atoms with Crippen LogP contribution >= 0.6 is 0 Å². The molecule has 8 nitrogen and oxygen atoms in total. The van der Waals surface area contributed by atoms with E-state index in [-0.39, 0.29) is 22.2 Å². The molecule has 2 aliphatic heterocycles. The monoisotopic (exact) mass is 685 g/mol. The summed E-state index contributed by atoms with van der Waals surface area (Å²) in [6.07, 6.45) is 22.2. The Hall–Kier alpha value is -1.67. The molecule has 49 heavy (non-hydrogen) atoms. The Morgan fingerprint density at radius 2 is 0.857 bits per heavy atom. The molecule has 0 atom stereocenters. The van der Waals surface area contributed by atoms with Gasteiger partial charge in [-0.3, -0.25) is 0 Å². The molecular weight excluding hydrogens is 605 g/mol. The first-order valence-corrected chi connectivity index (χ1v) is 20.7. The Balaban J connectivity index is 1.90. The van der Waals surface area contributed by atoms with Gasteiger partial charge in [0.05, 0.1) is 0 Å². The lowest BCUT2D eigenvalue weighted by atomic mass is 9.79. The quantitative estimate of drug-likeness (QED) is 0.104. The van der Waals surface area contributed by atoms with Crippen LogP contribution < -0.4 is 25.8 Å². The molecule has 8 heteroatoms. The maximum Gasteiger partial charge on any atom is 0.232 e. The molecule has 1 aromatic heterocycles. The van der Waals surface area contributed by atoms with Crippen LogP contribution in [0.2, 0.25) is 0 Å². The largest absolute Gasteiger partial charge is 0.354 e. The summed E-state index contributed by atoms with van der Waals surface area (Å²) in [6.45, 7) is 28.5. The minimum absolute atomic E-state index is 0.0444. The predicted molar refractivity (Wildman–Crippen MR) is 213 cm³/mol. The number of aromatic nitrogens is 3. The molecule has 1 aromatic rings. The first kappa shape index (κ1) is 41.7. The van der Waals surface area contributed by atoms with Crippen LogP contribution in [0, 0.1) is 0 Å². The number of hydrogen-bond acceptors (Lipinski definition) is 8. The van der Waals surface area contributed by atoms with Crippen molar-refractivity contribution >= 4 is 17.8 Å². The molecule has 0 saturated carbocycles. The van der Waals surface area contributed by atoms with Gasteiger partial charge in [-0.05, 0) is 100 Å². The van der Waals surface area contributed by atoms with Gasteiger partial charge in [0, 0.05) is 53.9 Å². The molecule has 0 aliphatic carbocycles. The number of rotatable bonds is 22. The zero-order valence-electron chi connectivity index (χ0n) is 34.2. The lowest BCUT2D eigenvalue weighted by molar-refractivity contribution is 0.157. The smallest absolute Gasteiger partial charge is 0.232 e. The average molecular weight is 685 g/mol. The summed E-state index contributed by atoms with van der Waals surface area (Å²) in [5.41, 5.74) is 0.178. The van der Waals surface area contributed by atoms with Gasteiger partial charge >= 0.3 is 0 Å². The Labute approximate surface area is 303 Å². The van der Waals surface area contributed by atoms with E-state index in [1.54, 1.807) is 0 Å². The van der Waals surface area contributed by atoms with Crippen molar-refractivity contribution in [2.75, 3.05) is 34.8 Å². The Bertz CT molecular complexity index is 983. The normalized spacial score (nSPS) is 20.3. The molecule has 2 fully saturated rings. The number of unbranched alkanes of at least 4 members (excludes halogenated alkanes) is 11. The van der Waals surface area contributed by atoms with E-state index in [2.05, 4.69) is 102 Å². The zero-order chi connectivity index (χ0) is 36.1. The van der Waals surface area contributed by atoms with Crippen molar-refractivity contribution in [3.63, 3.8) is 0 Å². The fourth-order valence-electron chi connectivity index (χ4n) is 9.03. The summed E-state index contributed by atoms with van der Waals surface area (Å²) >= 11 is 0. The summed E-state index contributed by atoms with van der Waals surface area (Å²) in [5, 5.41) is 11.5. The number of nitrogens with zero attached hydrogens (tertiary/aromatic N) is 5. The van der Waals surface area contributed by atoms with Crippen molar-refractivity contribution in [2.24, 2.45) is 0 Å². The lowest BCUT2D eigenvalue weighted by Gasteiger charge is -2.50. The van der Waals surface area contributed by atoms with Crippen LogP contribution in [0.4, 0.5) is 17.8 Å². The highest BCUT2D eigenvalue weighted by atomic mass is 15.4. The molecule has 0 amide bonds. The molecule has 284 valence electrons. The highest BCUT2D eigenvalue weighted by molar-refractivity contribution is 5.47. The van der Waals surface area contributed by atoms with Crippen LogP contribution in [0.15, 0.2) is 0 Å². The third kappa shape index (κ3) is 14.5. The highest BCUT2D eigenvalue weighted by Crippen LogP contribution is 2.36. The number of nitrogens with one attached hydrogen (secondary N) is 3. The third-order valence-electron chi connectivity index (χ3n) is 10.7. The maximum atomic E-state index is 5.43. The van der Waals surface area contributed by atoms with Crippen LogP contribution in [0.5, 0.6) is 0 Å². The second kappa shape index (κ2) is 19.2. The molecule has 2 saturated heterocycles. The second-order valence-electron chi connectivity index (χ2n) is 18.4. The van der Waals surface area contributed by atoms with Crippen LogP contribution in [0.25, 0.3) is 0 Å². The molecule has 0 unspecified atom stereocenters. The zero-order valence-corrected chi connectivity index (χ0v) is 34.2. The minimum atomic E-state index is 0.0444. The summed E-state index contributed by atoms with van der Waals surface area (Å²) in [6, 6.07) is 0.729. The molecule has 0 spiro atoms. The van der Waals surface area contributed by atoms with E-state index in [0.717, 1.165) is 95.3 Å². The topological polar surface area (TPSA) is 81.2 Å². The van der Waals surface area contributed by atoms with E-state index >= 15 is 0 Å². The molecule has 3 rings (SSSR count). The second-order valence-corrected chi connectivity index (χ2v) is 18.4. The number of hydrogen-bond donors (Lipinski definition) is 3. The SMILES string of the molecule is CCCCCCCCCCCCNc1nc(N(CCCC)C2CC(C)(C)NC(C)(C)C2)nc(N(CCCC)C2CC(C)(C)NC(C)(C)C2)n1. The first-order chi connectivity index (χ1) is 23.1. The Kier molecular flexibility index (Phi) is 16.4. The van der Waals surface area contributed by atoms with Gasteiger partial charge in [0.15, 0.2) is 0 Å².